The van der Waals surface area contributed by atoms with Crippen molar-refractivity contribution in [2.75, 3.05) is 13.2 Å². The van der Waals surface area contributed by atoms with Gasteiger partial charge in [-0.1, -0.05) is 29.4 Å². The highest BCUT2D eigenvalue weighted by atomic mass is 16.5. The van der Waals surface area contributed by atoms with Crippen molar-refractivity contribution < 1.29 is 14.0 Å². The van der Waals surface area contributed by atoms with Gasteiger partial charge in [-0.2, -0.15) is 4.98 Å². The molecule has 2 aromatic carbocycles. The third-order valence-corrected chi connectivity index (χ3v) is 4.45. The first kappa shape index (κ1) is 16.8. The molecule has 0 amide bonds. The van der Waals surface area contributed by atoms with Crippen LogP contribution in [-0.2, 0) is 11.3 Å². The second-order valence-corrected chi connectivity index (χ2v) is 6.28. The van der Waals surface area contributed by atoms with Crippen LogP contribution >= 0.6 is 0 Å². The lowest BCUT2D eigenvalue weighted by atomic mass is 10.1. The Bertz CT molecular complexity index is 837. The quantitative estimate of drug-likeness (QED) is 0.758. The molecule has 0 aliphatic carbocycles. The van der Waals surface area contributed by atoms with Crippen LogP contribution in [0.2, 0.25) is 0 Å². The highest BCUT2D eigenvalue weighted by Crippen LogP contribution is 2.25. The molecule has 1 aliphatic rings. The lowest BCUT2D eigenvalue weighted by molar-refractivity contribution is 0.0256. The van der Waals surface area contributed by atoms with E-state index in [1.165, 1.54) is 0 Å². The Morgan fingerprint density at radius 1 is 0.962 bits per heavy atom. The molecule has 1 aliphatic heterocycles. The third kappa shape index (κ3) is 3.76. The van der Waals surface area contributed by atoms with Gasteiger partial charge in [0.2, 0.25) is 5.82 Å². The molecule has 6 heteroatoms. The Morgan fingerprint density at radius 3 is 2.35 bits per heavy atom. The largest absolute Gasteiger partial charge is 0.490 e. The molecular formula is C20H21N3O3. The molecule has 1 aromatic heterocycles. The Labute approximate surface area is 151 Å². The summed E-state index contributed by atoms with van der Waals surface area (Å²) in [5.41, 5.74) is 8.45. The van der Waals surface area contributed by atoms with Gasteiger partial charge in [0.05, 0.1) is 13.2 Å². The van der Waals surface area contributed by atoms with Gasteiger partial charge in [-0.15, -0.1) is 0 Å². The van der Waals surface area contributed by atoms with E-state index >= 15 is 0 Å². The minimum Gasteiger partial charge on any atom is -0.490 e. The summed E-state index contributed by atoms with van der Waals surface area (Å²) in [5.74, 6) is 1.89. The molecule has 0 radical (unpaired) electrons. The molecule has 2 heterocycles. The Kier molecular flexibility index (Phi) is 4.95. The van der Waals surface area contributed by atoms with Gasteiger partial charge in [0.1, 0.15) is 11.9 Å². The van der Waals surface area contributed by atoms with Crippen molar-refractivity contribution in [1.82, 2.24) is 10.1 Å². The van der Waals surface area contributed by atoms with Crippen molar-refractivity contribution in [3.8, 4) is 28.6 Å². The van der Waals surface area contributed by atoms with Crippen LogP contribution in [0.4, 0.5) is 0 Å². The first-order chi connectivity index (χ1) is 12.8. The summed E-state index contributed by atoms with van der Waals surface area (Å²) in [4.78, 5) is 4.49. The summed E-state index contributed by atoms with van der Waals surface area (Å²) >= 11 is 0. The van der Waals surface area contributed by atoms with Gasteiger partial charge in [0.15, 0.2) is 0 Å². The van der Waals surface area contributed by atoms with Gasteiger partial charge in [-0.05, 0) is 29.8 Å². The zero-order valence-electron chi connectivity index (χ0n) is 14.4. The van der Waals surface area contributed by atoms with Crippen LogP contribution in [0, 0.1) is 0 Å². The molecule has 3 aromatic rings. The molecule has 1 fully saturated rings. The second-order valence-electron chi connectivity index (χ2n) is 6.28. The predicted molar refractivity (Wildman–Crippen MR) is 97.5 cm³/mol. The SMILES string of the molecule is NCc1ccc(-c2noc(-c3ccc(OC4CCOCC4)cc3)n2)cc1. The number of hydrogen-bond acceptors (Lipinski definition) is 6. The third-order valence-electron chi connectivity index (χ3n) is 4.45. The highest BCUT2D eigenvalue weighted by Gasteiger charge is 2.16. The molecule has 2 N–H and O–H groups in total. The van der Waals surface area contributed by atoms with Gasteiger partial charge < -0.3 is 19.7 Å². The van der Waals surface area contributed by atoms with Crippen molar-refractivity contribution in [3.05, 3.63) is 54.1 Å². The van der Waals surface area contributed by atoms with E-state index in [0.29, 0.717) is 18.3 Å². The number of nitrogens with two attached hydrogens (primary N) is 1. The van der Waals surface area contributed by atoms with E-state index in [1.807, 2.05) is 48.5 Å². The molecule has 0 saturated carbocycles. The van der Waals surface area contributed by atoms with Crippen molar-refractivity contribution in [3.63, 3.8) is 0 Å². The summed E-state index contributed by atoms with van der Waals surface area (Å²) < 4.78 is 16.7. The summed E-state index contributed by atoms with van der Waals surface area (Å²) in [6.07, 6.45) is 2.08. The van der Waals surface area contributed by atoms with Crippen molar-refractivity contribution >= 4 is 0 Å². The molecule has 0 atom stereocenters. The van der Waals surface area contributed by atoms with Gasteiger partial charge in [0.25, 0.3) is 5.89 Å². The first-order valence-corrected chi connectivity index (χ1v) is 8.80. The first-order valence-electron chi connectivity index (χ1n) is 8.80. The van der Waals surface area contributed by atoms with E-state index in [0.717, 1.165) is 48.5 Å². The Morgan fingerprint density at radius 2 is 1.65 bits per heavy atom. The van der Waals surface area contributed by atoms with Crippen LogP contribution in [0.1, 0.15) is 18.4 Å². The summed E-state index contributed by atoms with van der Waals surface area (Å²) in [6.45, 7) is 2.04. The van der Waals surface area contributed by atoms with Crippen LogP contribution < -0.4 is 10.5 Å². The maximum Gasteiger partial charge on any atom is 0.258 e. The maximum atomic E-state index is 5.99. The average molecular weight is 351 g/mol. The monoisotopic (exact) mass is 351 g/mol. The molecule has 6 nitrogen and oxygen atoms in total. The molecule has 0 unspecified atom stereocenters. The lowest BCUT2D eigenvalue weighted by Crippen LogP contribution is -2.25. The minimum atomic E-state index is 0.223. The second kappa shape index (κ2) is 7.68. The molecule has 26 heavy (non-hydrogen) atoms. The number of aromatic nitrogens is 2. The predicted octanol–water partition coefficient (Wildman–Crippen LogP) is 3.42. The van der Waals surface area contributed by atoms with Crippen molar-refractivity contribution in [1.29, 1.82) is 0 Å². The maximum absolute atomic E-state index is 5.99. The standard InChI is InChI=1S/C20H21N3O3/c21-13-14-1-3-15(4-2-14)19-22-20(26-23-19)16-5-7-17(8-6-16)25-18-9-11-24-12-10-18/h1-8,18H,9-13,21H2. The molecule has 1 saturated heterocycles. The highest BCUT2D eigenvalue weighted by molar-refractivity contribution is 5.60. The molecule has 0 bridgehead atoms. The summed E-state index contributed by atoms with van der Waals surface area (Å²) in [5, 5.41) is 4.07. The average Bonchev–Trinajstić information content (AvgIpc) is 3.20. The zero-order valence-corrected chi connectivity index (χ0v) is 14.4. The van der Waals surface area contributed by atoms with Crippen molar-refractivity contribution in [2.45, 2.75) is 25.5 Å². The number of ether oxygens (including phenoxy) is 2. The van der Waals surface area contributed by atoms with E-state index in [9.17, 15) is 0 Å². The topological polar surface area (TPSA) is 83.4 Å². The number of nitrogens with zero attached hydrogens (tertiary/aromatic N) is 2. The van der Waals surface area contributed by atoms with E-state index in [1.54, 1.807) is 0 Å². The summed E-state index contributed by atoms with van der Waals surface area (Å²) in [6, 6.07) is 15.6. The minimum absolute atomic E-state index is 0.223. The molecule has 4 rings (SSSR count). The Hall–Kier alpha value is -2.70. The zero-order chi connectivity index (χ0) is 17.8. The number of rotatable bonds is 5. The fourth-order valence-electron chi connectivity index (χ4n) is 2.91. The van der Waals surface area contributed by atoms with Crippen LogP contribution in [-0.4, -0.2) is 29.5 Å². The lowest BCUT2D eigenvalue weighted by Gasteiger charge is -2.23. The van der Waals surface area contributed by atoms with E-state index < -0.39 is 0 Å². The summed E-state index contributed by atoms with van der Waals surface area (Å²) in [7, 11) is 0. The van der Waals surface area contributed by atoms with Crippen LogP contribution in [0.15, 0.2) is 53.1 Å². The van der Waals surface area contributed by atoms with E-state index in [-0.39, 0.29) is 6.10 Å². The smallest absolute Gasteiger partial charge is 0.258 e. The van der Waals surface area contributed by atoms with Gasteiger partial charge in [-0.25, -0.2) is 0 Å². The van der Waals surface area contributed by atoms with Gasteiger partial charge in [-0.3, -0.25) is 0 Å². The van der Waals surface area contributed by atoms with E-state index in [4.69, 9.17) is 19.7 Å². The molecule has 0 spiro atoms. The normalized spacial score (nSPS) is 15.1. The van der Waals surface area contributed by atoms with Crippen LogP contribution in [0.3, 0.4) is 0 Å². The number of benzene rings is 2. The van der Waals surface area contributed by atoms with Gasteiger partial charge >= 0.3 is 0 Å². The number of hydrogen-bond donors (Lipinski definition) is 1. The van der Waals surface area contributed by atoms with Gasteiger partial charge in [0, 0.05) is 30.5 Å². The van der Waals surface area contributed by atoms with Crippen molar-refractivity contribution in [2.24, 2.45) is 5.73 Å². The molecule has 134 valence electrons. The van der Waals surface area contributed by atoms with Crippen LogP contribution in [0.25, 0.3) is 22.8 Å². The van der Waals surface area contributed by atoms with E-state index in [2.05, 4.69) is 10.1 Å². The Balaban J connectivity index is 1.46. The fourth-order valence-corrected chi connectivity index (χ4v) is 2.91. The van der Waals surface area contributed by atoms with Crippen LogP contribution in [0.5, 0.6) is 5.75 Å². The fraction of sp³-hybridized carbons (Fsp3) is 0.300. The molecular weight excluding hydrogens is 330 g/mol.